The SMILES string of the molecule is CCC(C)c1cc(C[C@H](NC(=O)[C@H](C)N)C(=O)N[C@@H](C)C(=O)Oc2ccccc2)ccc1OCCN. The normalized spacial score (nSPS) is 14.2. The van der Waals surface area contributed by atoms with Gasteiger partial charge in [-0.2, -0.15) is 0 Å². The summed E-state index contributed by atoms with van der Waals surface area (Å²) in [5.74, 6) is -0.269. The molecule has 196 valence electrons. The van der Waals surface area contributed by atoms with Crippen molar-refractivity contribution in [3.8, 4) is 11.5 Å². The summed E-state index contributed by atoms with van der Waals surface area (Å²) in [5.41, 5.74) is 13.1. The Labute approximate surface area is 212 Å². The number of benzene rings is 2. The van der Waals surface area contributed by atoms with E-state index in [1.807, 2.05) is 18.2 Å². The van der Waals surface area contributed by atoms with Crippen LogP contribution in [0.5, 0.6) is 11.5 Å². The third-order valence-electron chi connectivity index (χ3n) is 5.75. The summed E-state index contributed by atoms with van der Waals surface area (Å²) in [6.07, 6.45) is 1.10. The second-order valence-electron chi connectivity index (χ2n) is 8.84. The Hall–Kier alpha value is -3.43. The lowest BCUT2D eigenvalue weighted by atomic mass is 9.93. The minimum absolute atomic E-state index is 0.200. The zero-order valence-electron chi connectivity index (χ0n) is 21.5. The monoisotopic (exact) mass is 498 g/mol. The van der Waals surface area contributed by atoms with Crippen molar-refractivity contribution in [1.82, 2.24) is 10.6 Å². The molecule has 0 heterocycles. The second kappa shape index (κ2) is 14.2. The van der Waals surface area contributed by atoms with Crippen molar-refractivity contribution < 1.29 is 23.9 Å². The van der Waals surface area contributed by atoms with Crippen LogP contribution in [0.3, 0.4) is 0 Å². The van der Waals surface area contributed by atoms with E-state index in [2.05, 4.69) is 24.5 Å². The molecule has 0 bridgehead atoms. The first-order valence-corrected chi connectivity index (χ1v) is 12.2. The minimum atomic E-state index is -0.948. The highest BCUT2D eigenvalue weighted by atomic mass is 16.5. The van der Waals surface area contributed by atoms with Crippen LogP contribution in [0.4, 0.5) is 0 Å². The molecular weight excluding hydrogens is 460 g/mol. The molecule has 0 aromatic heterocycles. The fourth-order valence-corrected chi connectivity index (χ4v) is 3.44. The molecule has 0 aliphatic carbocycles. The van der Waals surface area contributed by atoms with Crippen LogP contribution in [-0.4, -0.2) is 49.1 Å². The van der Waals surface area contributed by atoms with E-state index in [9.17, 15) is 14.4 Å². The van der Waals surface area contributed by atoms with Gasteiger partial charge in [-0.25, -0.2) is 4.79 Å². The van der Waals surface area contributed by atoms with Gasteiger partial charge in [-0.1, -0.05) is 44.2 Å². The molecule has 0 aliphatic heterocycles. The predicted octanol–water partition coefficient (Wildman–Crippen LogP) is 2.02. The van der Waals surface area contributed by atoms with Gasteiger partial charge in [0.25, 0.3) is 0 Å². The number of carbonyl (C=O) groups is 3. The Bertz CT molecular complexity index is 1010. The van der Waals surface area contributed by atoms with Gasteiger partial charge in [-0.15, -0.1) is 0 Å². The Morgan fingerprint density at radius 1 is 0.972 bits per heavy atom. The van der Waals surface area contributed by atoms with Gasteiger partial charge in [0.1, 0.15) is 30.2 Å². The summed E-state index contributed by atoms with van der Waals surface area (Å²) in [5, 5.41) is 5.34. The fourth-order valence-electron chi connectivity index (χ4n) is 3.44. The zero-order chi connectivity index (χ0) is 26.7. The highest BCUT2D eigenvalue weighted by molar-refractivity contribution is 5.92. The first-order valence-electron chi connectivity index (χ1n) is 12.2. The van der Waals surface area contributed by atoms with Gasteiger partial charge in [0.05, 0.1) is 6.04 Å². The van der Waals surface area contributed by atoms with Crippen molar-refractivity contribution in [2.24, 2.45) is 11.5 Å². The summed E-state index contributed by atoms with van der Waals surface area (Å²) >= 11 is 0. The minimum Gasteiger partial charge on any atom is -0.492 e. The van der Waals surface area contributed by atoms with Crippen LogP contribution >= 0.6 is 0 Å². The number of hydrogen-bond acceptors (Lipinski definition) is 7. The largest absolute Gasteiger partial charge is 0.492 e. The molecule has 0 saturated carbocycles. The van der Waals surface area contributed by atoms with Gasteiger partial charge in [-0.05, 0) is 55.5 Å². The molecule has 0 fully saturated rings. The van der Waals surface area contributed by atoms with Crippen LogP contribution in [0.25, 0.3) is 0 Å². The Balaban J connectivity index is 2.21. The standard InChI is InChI=1S/C27H38N4O5/c1-5-17(2)22-15-20(11-12-24(22)35-14-13-28)16-23(31-25(32)18(3)29)26(33)30-19(4)27(34)36-21-9-7-6-8-10-21/h6-12,15,17-19,23H,5,13-14,16,28-29H2,1-4H3,(H,30,33)(H,31,32)/t17?,18-,19-,23-/m0/s1. The van der Waals surface area contributed by atoms with Crippen molar-refractivity contribution in [2.75, 3.05) is 13.2 Å². The van der Waals surface area contributed by atoms with Crippen LogP contribution < -0.4 is 31.6 Å². The maximum atomic E-state index is 13.1. The molecule has 2 aromatic carbocycles. The van der Waals surface area contributed by atoms with Gasteiger partial charge in [-0.3, -0.25) is 9.59 Å². The van der Waals surface area contributed by atoms with Gasteiger partial charge in [0.2, 0.25) is 11.8 Å². The molecule has 0 saturated heterocycles. The molecule has 1 unspecified atom stereocenters. The van der Waals surface area contributed by atoms with Gasteiger partial charge >= 0.3 is 5.97 Å². The molecule has 2 rings (SSSR count). The highest BCUT2D eigenvalue weighted by Crippen LogP contribution is 2.30. The first-order chi connectivity index (χ1) is 17.2. The second-order valence-corrected chi connectivity index (χ2v) is 8.84. The van der Waals surface area contributed by atoms with Crippen LogP contribution in [0.1, 0.15) is 51.2 Å². The number of rotatable bonds is 13. The van der Waals surface area contributed by atoms with Crippen LogP contribution in [-0.2, 0) is 20.8 Å². The number of ether oxygens (including phenoxy) is 2. The van der Waals surface area contributed by atoms with E-state index >= 15 is 0 Å². The molecule has 0 spiro atoms. The molecule has 2 amide bonds. The summed E-state index contributed by atoms with van der Waals surface area (Å²) in [6.45, 7) is 8.04. The molecule has 6 N–H and O–H groups in total. The number of para-hydroxylation sites is 1. The first kappa shape index (κ1) is 28.8. The smallest absolute Gasteiger partial charge is 0.333 e. The maximum Gasteiger partial charge on any atom is 0.333 e. The third kappa shape index (κ3) is 8.66. The number of amides is 2. The van der Waals surface area contributed by atoms with E-state index < -0.39 is 35.9 Å². The summed E-state index contributed by atoms with van der Waals surface area (Å²) < 4.78 is 11.1. The number of carbonyl (C=O) groups excluding carboxylic acids is 3. The Kier molecular flexibility index (Phi) is 11.4. The Morgan fingerprint density at radius 3 is 2.28 bits per heavy atom. The third-order valence-corrected chi connectivity index (χ3v) is 5.75. The summed E-state index contributed by atoms with van der Waals surface area (Å²) in [4.78, 5) is 38.0. The van der Waals surface area contributed by atoms with E-state index in [1.54, 1.807) is 30.3 Å². The summed E-state index contributed by atoms with van der Waals surface area (Å²) in [7, 11) is 0. The fraction of sp³-hybridized carbons (Fsp3) is 0.444. The van der Waals surface area contributed by atoms with Crippen molar-refractivity contribution in [3.05, 3.63) is 59.7 Å². The van der Waals surface area contributed by atoms with E-state index in [4.69, 9.17) is 20.9 Å². The van der Waals surface area contributed by atoms with Crippen molar-refractivity contribution in [2.45, 2.75) is 64.6 Å². The van der Waals surface area contributed by atoms with Crippen molar-refractivity contribution in [3.63, 3.8) is 0 Å². The molecule has 4 atom stereocenters. The van der Waals surface area contributed by atoms with E-state index in [-0.39, 0.29) is 12.3 Å². The van der Waals surface area contributed by atoms with Gasteiger partial charge in [0.15, 0.2) is 0 Å². The van der Waals surface area contributed by atoms with Gasteiger partial charge < -0.3 is 31.6 Å². The molecular formula is C27H38N4O5. The molecule has 36 heavy (non-hydrogen) atoms. The lowest BCUT2D eigenvalue weighted by Gasteiger charge is -2.23. The zero-order valence-corrected chi connectivity index (χ0v) is 21.5. The number of nitrogens with two attached hydrogens (primary N) is 2. The van der Waals surface area contributed by atoms with E-state index in [1.165, 1.54) is 13.8 Å². The number of hydrogen-bond donors (Lipinski definition) is 4. The lowest BCUT2D eigenvalue weighted by molar-refractivity contribution is -0.139. The van der Waals surface area contributed by atoms with Crippen molar-refractivity contribution in [1.29, 1.82) is 0 Å². The number of esters is 1. The maximum absolute atomic E-state index is 13.1. The predicted molar refractivity (Wildman–Crippen MR) is 139 cm³/mol. The Morgan fingerprint density at radius 2 is 1.67 bits per heavy atom. The summed E-state index contributed by atoms with van der Waals surface area (Å²) in [6, 6.07) is 11.6. The van der Waals surface area contributed by atoms with Gasteiger partial charge in [0, 0.05) is 13.0 Å². The topological polar surface area (TPSA) is 146 Å². The van der Waals surface area contributed by atoms with Crippen LogP contribution in [0.2, 0.25) is 0 Å². The average Bonchev–Trinajstić information content (AvgIpc) is 2.87. The number of nitrogens with one attached hydrogen (secondary N) is 2. The van der Waals surface area contributed by atoms with E-state index in [0.717, 1.165) is 23.3 Å². The van der Waals surface area contributed by atoms with Crippen LogP contribution in [0, 0.1) is 0 Å². The quantitative estimate of drug-likeness (QED) is 0.244. The van der Waals surface area contributed by atoms with Crippen molar-refractivity contribution >= 4 is 17.8 Å². The molecule has 0 radical (unpaired) electrons. The lowest BCUT2D eigenvalue weighted by Crippen LogP contribution is -2.54. The van der Waals surface area contributed by atoms with Crippen LogP contribution in [0.15, 0.2) is 48.5 Å². The molecule has 9 heteroatoms. The van der Waals surface area contributed by atoms with E-state index in [0.29, 0.717) is 18.9 Å². The molecule has 9 nitrogen and oxygen atoms in total. The molecule has 2 aromatic rings. The average molecular weight is 499 g/mol. The highest BCUT2D eigenvalue weighted by Gasteiger charge is 2.27. The molecule has 0 aliphatic rings.